The third-order valence-electron chi connectivity index (χ3n) is 9.10. The van der Waals surface area contributed by atoms with E-state index in [1.807, 2.05) is 12.2 Å². The van der Waals surface area contributed by atoms with Crippen LogP contribution in [0.25, 0.3) is 0 Å². The Morgan fingerprint density at radius 2 is 1.06 bits per heavy atom. The van der Waals surface area contributed by atoms with Gasteiger partial charge in [0, 0.05) is 19.3 Å². The Hall–Kier alpha value is -2.19. The van der Waals surface area contributed by atoms with Crippen molar-refractivity contribution in [2.24, 2.45) is 0 Å². The number of allylic oxidation sites excluding steroid dienone is 4. The highest BCUT2D eigenvalue weighted by molar-refractivity contribution is 5.76. The number of carbonyl (C=O) groups is 3. The zero-order valence-corrected chi connectivity index (χ0v) is 32.5. The molecule has 0 aliphatic carbocycles. The van der Waals surface area contributed by atoms with Gasteiger partial charge in [-0.15, -0.1) is 0 Å². The molecule has 50 heavy (non-hydrogen) atoms. The highest BCUT2D eigenvalue weighted by atomic mass is 16.6. The quantitative estimate of drug-likeness (QED) is 0.0337. The van der Waals surface area contributed by atoms with Gasteiger partial charge in [-0.05, 0) is 32.1 Å². The predicted molar refractivity (Wildman–Crippen MR) is 206 cm³/mol. The molecule has 0 aliphatic rings. The first-order valence-electron chi connectivity index (χ1n) is 20.6. The van der Waals surface area contributed by atoms with Gasteiger partial charge in [0.2, 0.25) is 5.91 Å². The van der Waals surface area contributed by atoms with Crippen molar-refractivity contribution in [1.29, 1.82) is 0 Å². The van der Waals surface area contributed by atoms with Gasteiger partial charge in [0.15, 0.2) is 6.10 Å². The van der Waals surface area contributed by atoms with Crippen molar-refractivity contribution in [2.75, 3.05) is 13.2 Å². The number of amides is 1. The first-order valence-corrected chi connectivity index (χ1v) is 20.6. The highest BCUT2D eigenvalue weighted by Gasteiger charge is 2.32. The van der Waals surface area contributed by atoms with Gasteiger partial charge >= 0.3 is 11.9 Å². The molecular formula is C42H77NO7. The van der Waals surface area contributed by atoms with Crippen molar-refractivity contribution in [3.63, 3.8) is 0 Å². The van der Waals surface area contributed by atoms with Crippen LogP contribution in [0.3, 0.4) is 0 Å². The Morgan fingerprint density at radius 1 is 0.580 bits per heavy atom. The van der Waals surface area contributed by atoms with Crippen LogP contribution in [-0.4, -0.2) is 59.5 Å². The van der Waals surface area contributed by atoms with Crippen LogP contribution in [0, 0.1) is 0 Å². The largest absolute Gasteiger partial charge is 0.462 e. The number of hydrogen-bond acceptors (Lipinski definition) is 7. The third kappa shape index (κ3) is 30.6. The van der Waals surface area contributed by atoms with Gasteiger partial charge in [0.05, 0.1) is 12.6 Å². The minimum Gasteiger partial charge on any atom is -0.462 e. The average molecular weight is 708 g/mol. The Labute approximate surface area is 306 Å². The monoisotopic (exact) mass is 708 g/mol. The van der Waals surface area contributed by atoms with Crippen LogP contribution in [0.15, 0.2) is 24.3 Å². The maximum atomic E-state index is 12.7. The van der Waals surface area contributed by atoms with Crippen LogP contribution in [-0.2, 0) is 23.9 Å². The van der Waals surface area contributed by atoms with Gasteiger partial charge in [0.25, 0.3) is 0 Å². The number of nitrogens with one attached hydrogen (secondary N) is 1. The van der Waals surface area contributed by atoms with E-state index >= 15 is 0 Å². The van der Waals surface area contributed by atoms with Crippen molar-refractivity contribution >= 4 is 17.8 Å². The minimum absolute atomic E-state index is 0.0971. The second-order valence-electron chi connectivity index (χ2n) is 13.9. The van der Waals surface area contributed by atoms with Crippen LogP contribution >= 0.6 is 0 Å². The van der Waals surface area contributed by atoms with E-state index in [4.69, 9.17) is 9.47 Å². The van der Waals surface area contributed by atoms with Crippen LogP contribution in [0.5, 0.6) is 0 Å². The number of hydrogen-bond donors (Lipinski definition) is 3. The molecule has 0 fully saturated rings. The zero-order chi connectivity index (χ0) is 36.9. The van der Waals surface area contributed by atoms with Crippen molar-refractivity contribution < 1.29 is 34.1 Å². The lowest BCUT2D eigenvalue weighted by atomic mass is 10.0. The van der Waals surface area contributed by atoms with Gasteiger partial charge in [-0.3, -0.25) is 14.4 Å². The lowest BCUT2D eigenvalue weighted by Gasteiger charge is -2.29. The molecule has 0 aromatic heterocycles. The van der Waals surface area contributed by atoms with E-state index in [9.17, 15) is 24.6 Å². The number of unbranched alkanes of at least 4 members (excludes halogenated alkanes) is 19. The molecule has 0 aromatic rings. The summed E-state index contributed by atoms with van der Waals surface area (Å²) in [5.41, 5.74) is 0. The molecule has 8 heteroatoms. The number of aliphatic hydroxyl groups excluding tert-OH is 2. The van der Waals surface area contributed by atoms with Gasteiger partial charge in [-0.2, -0.15) is 0 Å². The standard InChI is InChI=1S/C42H77NO7/c1-4-7-10-13-16-19-20-22-25-27-30-33-40(46)49-36-38(50-41(47)34-31-28-24-18-15-12-9-6-3)42(48)37(35-44)43-39(45)32-29-26-23-21-17-14-11-8-5-2/h12,15,24,28,37-38,42,44,48H,4-11,13-14,16-23,25-27,29-36H2,1-3H3,(H,43,45)/t37-,38-,42+/m0/s1. The molecule has 1 amide bonds. The molecule has 292 valence electrons. The fourth-order valence-electron chi connectivity index (χ4n) is 5.86. The van der Waals surface area contributed by atoms with Crippen molar-refractivity contribution in [3.8, 4) is 0 Å². The summed E-state index contributed by atoms with van der Waals surface area (Å²) < 4.78 is 11.0. The predicted octanol–water partition coefficient (Wildman–Crippen LogP) is 9.98. The number of esters is 2. The summed E-state index contributed by atoms with van der Waals surface area (Å²) in [5.74, 6) is -1.23. The molecule has 3 atom stereocenters. The van der Waals surface area contributed by atoms with E-state index in [1.165, 1.54) is 89.9 Å². The molecule has 0 heterocycles. The number of rotatable bonds is 36. The average Bonchev–Trinajstić information content (AvgIpc) is 3.11. The number of ether oxygens (including phenoxy) is 2. The van der Waals surface area contributed by atoms with Crippen LogP contribution in [0.2, 0.25) is 0 Å². The summed E-state index contributed by atoms with van der Waals surface area (Å²) in [5, 5.41) is 23.9. The van der Waals surface area contributed by atoms with Gasteiger partial charge < -0.3 is 25.0 Å². The molecule has 0 saturated heterocycles. The number of carbonyl (C=O) groups excluding carboxylic acids is 3. The Bertz CT molecular complexity index is 859. The summed E-state index contributed by atoms with van der Waals surface area (Å²) in [6.07, 6.45) is 32.7. The van der Waals surface area contributed by atoms with E-state index in [2.05, 4.69) is 38.2 Å². The SMILES string of the molecule is CCCC=CCC=CCCC(=O)O[C@@H](COC(=O)CCCCCCCCCCCCC)[C@H](O)[C@H](CO)NC(=O)CCCCCCCCCCC. The van der Waals surface area contributed by atoms with Gasteiger partial charge in [-0.1, -0.05) is 167 Å². The molecule has 0 radical (unpaired) electrons. The minimum atomic E-state index is -1.44. The zero-order valence-electron chi connectivity index (χ0n) is 32.5. The van der Waals surface area contributed by atoms with Gasteiger partial charge in [0.1, 0.15) is 12.7 Å². The third-order valence-corrected chi connectivity index (χ3v) is 9.10. The topological polar surface area (TPSA) is 122 Å². The molecule has 0 aromatic carbocycles. The van der Waals surface area contributed by atoms with E-state index in [-0.39, 0.29) is 31.8 Å². The van der Waals surface area contributed by atoms with E-state index in [0.717, 1.165) is 57.8 Å². The van der Waals surface area contributed by atoms with Crippen molar-refractivity contribution in [3.05, 3.63) is 24.3 Å². The van der Waals surface area contributed by atoms with E-state index in [0.29, 0.717) is 6.42 Å². The fraction of sp³-hybridized carbons (Fsp3) is 0.833. The van der Waals surface area contributed by atoms with Crippen molar-refractivity contribution in [2.45, 2.75) is 212 Å². The number of aliphatic hydroxyl groups is 2. The summed E-state index contributed by atoms with van der Waals surface area (Å²) >= 11 is 0. The maximum Gasteiger partial charge on any atom is 0.306 e. The Kier molecular flexibility index (Phi) is 35.0. The molecule has 3 N–H and O–H groups in total. The first-order chi connectivity index (χ1) is 24.4. The summed E-state index contributed by atoms with van der Waals surface area (Å²) in [6, 6.07) is -1.06. The van der Waals surface area contributed by atoms with Gasteiger partial charge in [-0.25, -0.2) is 0 Å². The van der Waals surface area contributed by atoms with Crippen molar-refractivity contribution in [1.82, 2.24) is 5.32 Å². The smallest absolute Gasteiger partial charge is 0.306 e. The maximum absolute atomic E-state index is 12.7. The molecule has 0 saturated carbocycles. The Morgan fingerprint density at radius 3 is 1.56 bits per heavy atom. The molecule has 8 nitrogen and oxygen atoms in total. The normalized spacial score (nSPS) is 13.5. The summed E-state index contributed by atoms with van der Waals surface area (Å²) in [7, 11) is 0. The van der Waals surface area contributed by atoms with Crippen LogP contribution < -0.4 is 5.32 Å². The van der Waals surface area contributed by atoms with E-state index in [1.54, 1.807) is 0 Å². The second kappa shape index (κ2) is 36.6. The van der Waals surface area contributed by atoms with Crippen LogP contribution in [0.1, 0.15) is 194 Å². The van der Waals surface area contributed by atoms with Crippen LogP contribution in [0.4, 0.5) is 0 Å². The molecule has 0 unspecified atom stereocenters. The Balaban J connectivity index is 4.81. The molecule has 0 rings (SSSR count). The fourth-order valence-corrected chi connectivity index (χ4v) is 5.86. The molecule has 0 bridgehead atoms. The molecular weight excluding hydrogens is 630 g/mol. The lowest BCUT2D eigenvalue weighted by molar-refractivity contribution is -0.168. The second-order valence-corrected chi connectivity index (χ2v) is 13.9. The molecule has 0 spiro atoms. The summed E-state index contributed by atoms with van der Waals surface area (Å²) in [6.45, 7) is 5.69. The van der Waals surface area contributed by atoms with E-state index < -0.39 is 36.8 Å². The molecule has 0 aliphatic heterocycles. The lowest BCUT2D eigenvalue weighted by Crippen LogP contribution is -2.53. The highest BCUT2D eigenvalue weighted by Crippen LogP contribution is 2.15. The summed E-state index contributed by atoms with van der Waals surface area (Å²) in [4.78, 5) is 37.9. The first kappa shape index (κ1) is 47.8.